The maximum atomic E-state index is 12.6. The van der Waals surface area contributed by atoms with Crippen LogP contribution in [0.4, 0.5) is 0 Å². The minimum atomic E-state index is -0.210. The van der Waals surface area contributed by atoms with Crippen LogP contribution in [0.5, 0.6) is 0 Å². The summed E-state index contributed by atoms with van der Waals surface area (Å²) in [5, 5.41) is 0. The molecule has 188 valence electrons. The van der Waals surface area contributed by atoms with E-state index >= 15 is 0 Å². The fourth-order valence-corrected chi connectivity index (χ4v) is 4.06. The zero-order chi connectivity index (χ0) is 23.6. The molecule has 0 bridgehead atoms. The molecular formula is C26H48O6. The Balaban J connectivity index is 2.50. The second-order valence-corrected chi connectivity index (χ2v) is 9.19. The molecule has 6 heteroatoms. The highest BCUT2D eigenvalue weighted by atomic mass is 16.6. The molecule has 4 atom stereocenters. The molecule has 4 unspecified atom stereocenters. The molecule has 32 heavy (non-hydrogen) atoms. The van der Waals surface area contributed by atoms with Crippen molar-refractivity contribution in [2.24, 2.45) is 17.8 Å². The average Bonchev–Trinajstić information content (AvgIpc) is 2.82. The van der Waals surface area contributed by atoms with Crippen LogP contribution in [0.15, 0.2) is 0 Å². The van der Waals surface area contributed by atoms with Crippen molar-refractivity contribution < 1.29 is 28.5 Å². The maximum absolute atomic E-state index is 12.6. The van der Waals surface area contributed by atoms with Crippen LogP contribution in [-0.4, -0.2) is 51.1 Å². The van der Waals surface area contributed by atoms with Crippen molar-refractivity contribution in [3.8, 4) is 0 Å². The predicted molar refractivity (Wildman–Crippen MR) is 126 cm³/mol. The summed E-state index contributed by atoms with van der Waals surface area (Å²) < 4.78 is 22.5. The van der Waals surface area contributed by atoms with E-state index in [0.29, 0.717) is 51.3 Å². The first kappa shape index (κ1) is 28.9. The lowest BCUT2D eigenvalue weighted by atomic mass is 9.93. The van der Waals surface area contributed by atoms with E-state index < -0.39 is 0 Å². The monoisotopic (exact) mass is 456 g/mol. The van der Waals surface area contributed by atoms with Crippen LogP contribution in [0.3, 0.4) is 0 Å². The van der Waals surface area contributed by atoms with E-state index in [4.69, 9.17) is 18.9 Å². The minimum Gasteiger partial charge on any atom is -0.465 e. The molecular weight excluding hydrogens is 408 g/mol. The van der Waals surface area contributed by atoms with Gasteiger partial charge >= 0.3 is 11.9 Å². The van der Waals surface area contributed by atoms with Gasteiger partial charge in [-0.05, 0) is 37.0 Å². The molecule has 1 saturated heterocycles. The fraction of sp³-hybridized carbons (Fsp3) is 0.923. The van der Waals surface area contributed by atoms with E-state index in [0.717, 1.165) is 51.4 Å². The van der Waals surface area contributed by atoms with Gasteiger partial charge in [-0.25, -0.2) is 0 Å². The highest BCUT2D eigenvalue weighted by molar-refractivity contribution is 5.71. The Hall–Kier alpha value is -1.14. The molecule has 0 radical (unpaired) electrons. The standard InChI is InChI=1S/C26H48O6/c1-5-9-11-21(7-3)18-31-25(27)14-13-23(24-20-29-15-16-30-24)17-26(28)32-19-22(8-4)12-10-6-2/h21-24H,5-20H2,1-4H3. The zero-order valence-electron chi connectivity index (χ0n) is 21.1. The number of hydrogen-bond donors (Lipinski definition) is 0. The van der Waals surface area contributed by atoms with Crippen LogP contribution >= 0.6 is 0 Å². The van der Waals surface area contributed by atoms with E-state index in [9.17, 15) is 9.59 Å². The largest absolute Gasteiger partial charge is 0.465 e. The Morgan fingerprint density at radius 3 is 1.94 bits per heavy atom. The molecule has 0 aromatic rings. The molecule has 1 heterocycles. The summed E-state index contributed by atoms with van der Waals surface area (Å²) in [5.41, 5.74) is 0. The summed E-state index contributed by atoms with van der Waals surface area (Å²) >= 11 is 0. The smallest absolute Gasteiger partial charge is 0.306 e. The summed E-state index contributed by atoms with van der Waals surface area (Å²) in [4.78, 5) is 24.9. The lowest BCUT2D eigenvalue weighted by Crippen LogP contribution is -2.37. The van der Waals surface area contributed by atoms with Gasteiger partial charge in [0.15, 0.2) is 0 Å². The summed E-state index contributed by atoms with van der Waals surface area (Å²) in [5.74, 6) is 0.340. The molecule has 1 aliphatic rings. The lowest BCUT2D eigenvalue weighted by Gasteiger charge is -2.30. The number of rotatable bonds is 18. The Morgan fingerprint density at radius 2 is 1.44 bits per heavy atom. The minimum absolute atomic E-state index is 0.104. The number of hydrogen-bond acceptors (Lipinski definition) is 6. The predicted octanol–water partition coefficient (Wildman–Crippen LogP) is 5.71. The second-order valence-electron chi connectivity index (χ2n) is 9.19. The SMILES string of the molecule is CCCCC(CC)COC(=O)CCC(CC(=O)OCC(CC)CCCC)C1COCCO1. The van der Waals surface area contributed by atoms with E-state index in [1.54, 1.807) is 0 Å². The van der Waals surface area contributed by atoms with Crippen molar-refractivity contribution >= 4 is 11.9 Å². The first-order chi connectivity index (χ1) is 15.5. The third kappa shape index (κ3) is 12.8. The van der Waals surface area contributed by atoms with Gasteiger partial charge in [-0.2, -0.15) is 0 Å². The van der Waals surface area contributed by atoms with Crippen molar-refractivity contribution in [3.63, 3.8) is 0 Å². The van der Waals surface area contributed by atoms with Crippen molar-refractivity contribution in [1.29, 1.82) is 0 Å². The van der Waals surface area contributed by atoms with Crippen LogP contribution in [0.2, 0.25) is 0 Å². The number of ether oxygens (including phenoxy) is 4. The topological polar surface area (TPSA) is 71.1 Å². The van der Waals surface area contributed by atoms with Crippen LogP contribution in [0, 0.1) is 17.8 Å². The Kier molecular flexibility index (Phi) is 16.5. The fourth-order valence-electron chi connectivity index (χ4n) is 4.06. The Labute approximate surface area is 196 Å². The molecule has 0 aromatic heterocycles. The van der Waals surface area contributed by atoms with E-state index in [-0.39, 0.29) is 36.8 Å². The average molecular weight is 457 g/mol. The summed E-state index contributed by atoms with van der Waals surface area (Å²) in [6, 6.07) is 0. The molecule has 1 rings (SSSR count). The van der Waals surface area contributed by atoms with E-state index in [1.165, 1.54) is 0 Å². The molecule has 0 amide bonds. The highest BCUT2D eigenvalue weighted by Gasteiger charge is 2.29. The molecule has 6 nitrogen and oxygen atoms in total. The van der Waals surface area contributed by atoms with Gasteiger partial charge in [0, 0.05) is 6.42 Å². The van der Waals surface area contributed by atoms with Gasteiger partial charge in [0.25, 0.3) is 0 Å². The van der Waals surface area contributed by atoms with Crippen molar-refractivity contribution in [2.45, 2.75) is 104 Å². The van der Waals surface area contributed by atoms with Gasteiger partial charge < -0.3 is 18.9 Å². The molecule has 0 aromatic carbocycles. The van der Waals surface area contributed by atoms with Crippen LogP contribution in [0.1, 0.15) is 98.3 Å². The first-order valence-electron chi connectivity index (χ1n) is 13.0. The van der Waals surface area contributed by atoms with Crippen LogP contribution in [0.25, 0.3) is 0 Å². The number of unbranched alkanes of at least 4 members (excludes halogenated alkanes) is 2. The molecule has 0 spiro atoms. The molecule has 0 aliphatic carbocycles. The van der Waals surface area contributed by atoms with Crippen molar-refractivity contribution in [3.05, 3.63) is 0 Å². The van der Waals surface area contributed by atoms with Crippen LogP contribution in [-0.2, 0) is 28.5 Å². The van der Waals surface area contributed by atoms with Crippen LogP contribution < -0.4 is 0 Å². The second kappa shape index (κ2) is 18.3. The third-order valence-electron chi connectivity index (χ3n) is 6.56. The van der Waals surface area contributed by atoms with E-state index in [2.05, 4.69) is 27.7 Å². The molecule has 0 saturated carbocycles. The Bertz CT molecular complexity index is 489. The number of esters is 2. The van der Waals surface area contributed by atoms with Crippen molar-refractivity contribution in [2.75, 3.05) is 33.0 Å². The normalized spacial score (nSPS) is 19.2. The third-order valence-corrected chi connectivity index (χ3v) is 6.56. The van der Waals surface area contributed by atoms with Gasteiger partial charge in [-0.1, -0.05) is 66.2 Å². The Morgan fingerprint density at radius 1 is 0.844 bits per heavy atom. The van der Waals surface area contributed by atoms with Gasteiger partial charge in [-0.15, -0.1) is 0 Å². The van der Waals surface area contributed by atoms with Gasteiger partial charge in [-0.3, -0.25) is 9.59 Å². The molecule has 1 aliphatic heterocycles. The van der Waals surface area contributed by atoms with E-state index in [1.807, 2.05) is 0 Å². The quantitative estimate of drug-likeness (QED) is 0.246. The zero-order valence-corrected chi connectivity index (χ0v) is 21.1. The van der Waals surface area contributed by atoms with Gasteiger partial charge in [0.1, 0.15) is 0 Å². The summed E-state index contributed by atoms with van der Waals surface area (Å²) in [6.45, 7) is 11.1. The van der Waals surface area contributed by atoms with Crippen molar-refractivity contribution in [1.82, 2.24) is 0 Å². The van der Waals surface area contributed by atoms with Gasteiger partial charge in [0.05, 0.1) is 45.6 Å². The van der Waals surface area contributed by atoms with Gasteiger partial charge in [0.2, 0.25) is 0 Å². The lowest BCUT2D eigenvalue weighted by molar-refractivity contribution is -0.154. The number of carbonyl (C=O) groups excluding carboxylic acids is 2. The first-order valence-corrected chi connectivity index (χ1v) is 13.0. The summed E-state index contributed by atoms with van der Waals surface area (Å²) in [6.07, 6.45) is 9.75. The summed E-state index contributed by atoms with van der Waals surface area (Å²) in [7, 11) is 0. The molecule has 0 N–H and O–H groups in total. The highest BCUT2D eigenvalue weighted by Crippen LogP contribution is 2.23. The molecule has 1 fully saturated rings. The maximum Gasteiger partial charge on any atom is 0.306 e. The number of carbonyl (C=O) groups is 2.